The Balaban J connectivity index is 1.11. The molecule has 12 rings (SSSR count). The van der Waals surface area contributed by atoms with Gasteiger partial charge in [0.1, 0.15) is 98.8 Å². The van der Waals surface area contributed by atoms with E-state index in [1.165, 1.54) is 24.3 Å². The third kappa shape index (κ3) is 8.44. The van der Waals surface area contributed by atoms with Gasteiger partial charge in [-0.2, -0.15) is 0 Å². The molecule has 0 spiro atoms. The second kappa shape index (κ2) is 19.7. The topological polar surface area (TPSA) is 442 Å². The van der Waals surface area contributed by atoms with Crippen LogP contribution in [0.3, 0.4) is 0 Å². The van der Waals surface area contributed by atoms with E-state index in [4.69, 9.17) is 18.9 Å². The molecule has 8 aromatic rings. The Morgan fingerprint density at radius 1 is 0.298 bits per heavy atom. The summed E-state index contributed by atoms with van der Waals surface area (Å²) >= 11 is 0. The van der Waals surface area contributed by atoms with E-state index in [1.54, 1.807) is 0 Å². The Hall–Kier alpha value is -10.4. The molecule has 24 heteroatoms. The molecule has 0 unspecified atom stereocenters. The number of ether oxygens (including phenoxy) is 4. The van der Waals surface area contributed by atoms with Gasteiger partial charge in [0, 0.05) is 81.3 Å². The minimum atomic E-state index is -2.15. The molecule has 4 heterocycles. The highest BCUT2D eigenvalue weighted by atomic mass is 16.5. The van der Waals surface area contributed by atoms with Crippen molar-refractivity contribution in [1.82, 2.24) is 0 Å². The van der Waals surface area contributed by atoms with Crippen molar-refractivity contribution in [3.63, 3.8) is 0 Å². The molecule has 0 fully saturated rings. The Bertz CT molecular complexity index is 4030. The number of hydrogen-bond donors (Lipinski definition) is 20. The van der Waals surface area contributed by atoms with Crippen molar-refractivity contribution in [2.45, 2.75) is 73.0 Å². The van der Waals surface area contributed by atoms with Crippen LogP contribution in [0.5, 0.6) is 115 Å². The predicted molar refractivity (Wildman–Crippen MR) is 285 cm³/mol. The molecule has 84 heavy (non-hydrogen) atoms. The van der Waals surface area contributed by atoms with E-state index in [1.807, 2.05) is 0 Å². The molecule has 11 atom stereocenters. The van der Waals surface area contributed by atoms with Crippen molar-refractivity contribution in [2.24, 2.45) is 0 Å². The maximum atomic E-state index is 13.0. The molecule has 0 saturated heterocycles. The fourth-order valence-electron chi connectivity index (χ4n) is 12.2. The van der Waals surface area contributed by atoms with E-state index in [0.29, 0.717) is 0 Å². The van der Waals surface area contributed by atoms with E-state index in [-0.39, 0.29) is 56.4 Å². The zero-order valence-corrected chi connectivity index (χ0v) is 43.0. The summed E-state index contributed by atoms with van der Waals surface area (Å²) in [5, 5.41) is 230. The number of benzene rings is 8. The monoisotopic (exact) mass is 1150 g/mol. The fraction of sp³-hybridized carbons (Fsp3) is 0.200. The maximum absolute atomic E-state index is 13.0. The highest BCUT2D eigenvalue weighted by Gasteiger charge is 2.53. The summed E-state index contributed by atoms with van der Waals surface area (Å²) < 4.78 is 25.4. The zero-order chi connectivity index (χ0) is 59.8. The van der Waals surface area contributed by atoms with Crippen molar-refractivity contribution in [3.05, 3.63) is 164 Å². The number of aromatic hydroxyl groups is 16. The molecule has 0 radical (unpaired) electrons. The minimum absolute atomic E-state index is 0.00126. The summed E-state index contributed by atoms with van der Waals surface area (Å²) in [6, 6.07) is 17.7. The lowest BCUT2D eigenvalue weighted by Crippen LogP contribution is -2.39. The second-order valence-electron chi connectivity index (χ2n) is 21.0. The number of aliphatic hydroxyl groups excluding tert-OH is 4. The number of hydrogen-bond acceptors (Lipinski definition) is 24. The van der Waals surface area contributed by atoms with E-state index >= 15 is 0 Å². The Morgan fingerprint density at radius 3 is 1.15 bits per heavy atom. The summed E-state index contributed by atoms with van der Waals surface area (Å²) in [4.78, 5) is 0. The molecule has 24 nitrogen and oxygen atoms in total. The predicted octanol–water partition coefficient (Wildman–Crippen LogP) is 5.89. The van der Waals surface area contributed by atoms with Crippen LogP contribution in [-0.4, -0.2) is 127 Å². The van der Waals surface area contributed by atoms with Crippen molar-refractivity contribution < 1.29 is 121 Å². The van der Waals surface area contributed by atoms with Gasteiger partial charge in [0.05, 0.1) is 23.9 Å². The van der Waals surface area contributed by atoms with Gasteiger partial charge in [-0.25, -0.2) is 0 Å². The van der Waals surface area contributed by atoms with E-state index < -0.39 is 193 Å². The first-order valence-corrected chi connectivity index (χ1v) is 25.7. The third-order valence-corrected chi connectivity index (χ3v) is 16.0. The molecule has 4 aliphatic heterocycles. The van der Waals surface area contributed by atoms with Crippen LogP contribution in [-0.2, 0) is 6.42 Å². The van der Waals surface area contributed by atoms with Gasteiger partial charge < -0.3 is 121 Å². The molecular formula is C60H50O24. The molecular weight excluding hydrogens is 1100 g/mol. The smallest absolute Gasteiger partial charge is 0.157 e. The van der Waals surface area contributed by atoms with Crippen LogP contribution >= 0.6 is 0 Å². The Labute approximate surface area is 472 Å². The maximum Gasteiger partial charge on any atom is 0.157 e. The third-order valence-electron chi connectivity index (χ3n) is 16.0. The molecule has 0 amide bonds. The summed E-state index contributed by atoms with van der Waals surface area (Å²) in [5.41, 5.74) is -3.59. The number of rotatable bonds is 7. The number of phenols is 16. The lowest BCUT2D eigenvalue weighted by molar-refractivity contribution is -0.00771. The van der Waals surface area contributed by atoms with E-state index in [0.717, 1.165) is 78.9 Å². The van der Waals surface area contributed by atoms with Crippen molar-refractivity contribution in [1.29, 1.82) is 0 Å². The van der Waals surface area contributed by atoms with E-state index in [2.05, 4.69) is 0 Å². The van der Waals surface area contributed by atoms with Gasteiger partial charge in [-0.15, -0.1) is 0 Å². The quantitative estimate of drug-likeness (QED) is 0.0653. The van der Waals surface area contributed by atoms with Gasteiger partial charge in [-0.3, -0.25) is 0 Å². The molecule has 0 bridgehead atoms. The summed E-state index contributed by atoms with van der Waals surface area (Å²) in [7, 11) is 0. The molecule has 0 aromatic heterocycles. The zero-order valence-electron chi connectivity index (χ0n) is 43.0. The van der Waals surface area contributed by atoms with Crippen LogP contribution in [0, 0.1) is 0 Å². The molecule has 8 aromatic carbocycles. The normalized spacial score (nSPS) is 24.0. The first kappa shape index (κ1) is 54.2. The van der Waals surface area contributed by atoms with Crippen LogP contribution in [0.1, 0.15) is 103 Å². The second-order valence-corrected chi connectivity index (χ2v) is 21.0. The number of phenolic OH excluding ortho intramolecular Hbond substituents is 16. The number of aliphatic hydroxyl groups is 4. The molecule has 4 aliphatic rings. The Morgan fingerprint density at radius 2 is 0.690 bits per heavy atom. The average molecular weight is 1160 g/mol. The molecule has 0 saturated carbocycles. The van der Waals surface area contributed by atoms with E-state index in [9.17, 15) is 102 Å². The van der Waals surface area contributed by atoms with Gasteiger partial charge in [0.2, 0.25) is 0 Å². The van der Waals surface area contributed by atoms with Gasteiger partial charge in [-0.1, -0.05) is 18.2 Å². The van der Waals surface area contributed by atoms with Crippen LogP contribution in [0.25, 0.3) is 0 Å². The van der Waals surface area contributed by atoms with Gasteiger partial charge in [0.15, 0.2) is 58.9 Å². The van der Waals surface area contributed by atoms with Crippen molar-refractivity contribution in [3.8, 4) is 115 Å². The van der Waals surface area contributed by atoms with Crippen LogP contribution < -0.4 is 18.9 Å². The van der Waals surface area contributed by atoms with Crippen molar-refractivity contribution in [2.75, 3.05) is 0 Å². The SMILES string of the molecule is Oc1cc(O)c2c(c1)O[C@H](c1ccc(O)c(O)c1)[C@H](O)[C@H]2c1c(O)cc(O)c2c1O[C@H](c1ccc(O)c(O)c1)[C@H](O)[C@H]2c1c(O)cc(O)c2c1O[C@H](c1ccc(O)c(O)c1)[C@H](O)[C@@H]2c1c(O)cc2c(c1O)C[C@H](O)[C@@H](c1cc(O)ccc1O)O2. The van der Waals surface area contributed by atoms with Crippen LogP contribution in [0.2, 0.25) is 0 Å². The molecule has 20 N–H and O–H groups in total. The highest BCUT2D eigenvalue weighted by Crippen LogP contribution is 2.65. The summed E-state index contributed by atoms with van der Waals surface area (Å²) in [5.74, 6) is -18.8. The van der Waals surface area contributed by atoms with Crippen LogP contribution in [0.4, 0.5) is 0 Å². The first-order valence-electron chi connectivity index (χ1n) is 25.7. The first-order chi connectivity index (χ1) is 39.9. The lowest BCUT2D eigenvalue weighted by atomic mass is 9.72. The Kier molecular flexibility index (Phi) is 12.7. The van der Waals surface area contributed by atoms with Gasteiger partial charge in [0.25, 0.3) is 0 Å². The molecule has 434 valence electrons. The fourth-order valence-corrected chi connectivity index (χ4v) is 12.2. The lowest BCUT2D eigenvalue weighted by Gasteiger charge is -2.44. The van der Waals surface area contributed by atoms with Gasteiger partial charge >= 0.3 is 0 Å². The van der Waals surface area contributed by atoms with Gasteiger partial charge in [-0.05, 0) is 71.3 Å². The minimum Gasteiger partial charge on any atom is -0.508 e. The summed E-state index contributed by atoms with van der Waals surface area (Å²) in [6.07, 6.45) is -14.9. The largest absolute Gasteiger partial charge is 0.508 e. The van der Waals surface area contributed by atoms with Crippen molar-refractivity contribution >= 4 is 0 Å². The standard InChI is InChI=1S/C60H50O24/c61-22-4-8-26(63)24(12-22)58-39(76)15-25-40(81-58)18-38(75)43(51(25)77)49-45-35(72)17-37(74)47(60(45)83-56(53(49)79)20-2-6-28(65)31(68)10-20)50-46-36(73)16-34(71)44(59(46)84-57(54(50)80)21-3-7-29(66)32(69)11-21)48-42-33(70)13-23(62)14-41(42)82-55(52(48)78)19-1-5-27(64)30(67)9-19/h1-14,16-18,39,48-50,52-58,61-80H,15H2/t39-,48+,49+,50+,52+,53+,54+,55+,56+,57+,58+/m0/s1. The average Bonchev–Trinajstić information content (AvgIpc) is 2.03. The molecule has 0 aliphatic carbocycles. The number of fused-ring (bicyclic) bond motifs is 4. The summed E-state index contributed by atoms with van der Waals surface area (Å²) in [6.45, 7) is 0. The van der Waals surface area contributed by atoms with Crippen LogP contribution in [0.15, 0.2) is 103 Å². The highest BCUT2D eigenvalue weighted by molar-refractivity contribution is 5.73.